The van der Waals surface area contributed by atoms with Crippen molar-refractivity contribution >= 4 is 17.1 Å². The number of hydrogen-bond acceptors (Lipinski definition) is 5. The third-order valence-electron chi connectivity index (χ3n) is 6.73. The first-order chi connectivity index (χ1) is 20.7. The number of halogens is 3. The molecule has 0 spiro atoms. The van der Waals surface area contributed by atoms with Crippen molar-refractivity contribution in [3.05, 3.63) is 136 Å². The molecule has 0 amide bonds. The number of alkyl halides is 3. The zero-order valence-corrected chi connectivity index (χ0v) is 23.6. The molecular formula is C34H28F3N3O3. The van der Waals surface area contributed by atoms with E-state index in [1.807, 2.05) is 37.3 Å². The van der Waals surface area contributed by atoms with Gasteiger partial charge in [0.05, 0.1) is 29.8 Å². The third kappa shape index (κ3) is 6.51. The highest BCUT2D eigenvalue weighted by Crippen LogP contribution is 2.35. The van der Waals surface area contributed by atoms with Crippen molar-refractivity contribution in [3.8, 4) is 22.9 Å². The lowest BCUT2D eigenvalue weighted by Gasteiger charge is -2.16. The molecule has 0 unspecified atom stereocenters. The van der Waals surface area contributed by atoms with Crippen LogP contribution >= 0.6 is 0 Å². The molecular weight excluding hydrogens is 555 g/mol. The monoisotopic (exact) mass is 583 g/mol. The largest absolute Gasteiger partial charge is 0.493 e. The molecule has 0 bridgehead atoms. The van der Waals surface area contributed by atoms with Crippen LogP contribution in [0.5, 0.6) is 11.5 Å². The number of nitrogens with zero attached hydrogens (tertiary/aromatic N) is 3. The maximum Gasteiger partial charge on any atom is 0.416 e. The summed E-state index contributed by atoms with van der Waals surface area (Å²) in [5, 5.41) is 4.70. The van der Waals surface area contributed by atoms with Gasteiger partial charge in [0.2, 0.25) is 0 Å². The van der Waals surface area contributed by atoms with E-state index < -0.39 is 17.3 Å². The van der Waals surface area contributed by atoms with Crippen molar-refractivity contribution in [3.63, 3.8) is 0 Å². The van der Waals surface area contributed by atoms with Crippen molar-refractivity contribution in [1.82, 2.24) is 9.66 Å². The fourth-order valence-corrected chi connectivity index (χ4v) is 4.71. The Morgan fingerprint density at radius 2 is 1.79 bits per heavy atom. The maximum absolute atomic E-state index is 13.5. The van der Waals surface area contributed by atoms with Crippen LogP contribution in [0.3, 0.4) is 0 Å². The van der Waals surface area contributed by atoms with E-state index in [1.165, 1.54) is 25.5 Å². The Morgan fingerprint density at radius 3 is 2.53 bits per heavy atom. The minimum atomic E-state index is -4.57. The van der Waals surface area contributed by atoms with Gasteiger partial charge in [0.25, 0.3) is 5.56 Å². The van der Waals surface area contributed by atoms with E-state index in [0.717, 1.165) is 33.5 Å². The Balaban J connectivity index is 1.59. The molecule has 1 aromatic heterocycles. The second kappa shape index (κ2) is 12.4. The van der Waals surface area contributed by atoms with Gasteiger partial charge in [0.1, 0.15) is 6.61 Å². The fraction of sp³-hybridized carbons (Fsp3) is 0.147. The van der Waals surface area contributed by atoms with E-state index in [1.54, 1.807) is 36.4 Å². The smallest absolute Gasteiger partial charge is 0.416 e. The highest BCUT2D eigenvalue weighted by Gasteiger charge is 2.31. The summed E-state index contributed by atoms with van der Waals surface area (Å²) in [4.78, 5) is 18.1. The molecule has 5 rings (SSSR count). The molecule has 0 saturated carbocycles. The van der Waals surface area contributed by atoms with Crippen LogP contribution in [0.2, 0.25) is 0 Å². The summed E-state index contributed by atoms with van der Waals surface area (Å²) in [7, 11) is 1.52. The van der Waals surface area contributed by atoms with Gasteiger partial charge in [-0.05, 0) is 60.9 Å². The standard InChI is InChI=1S/C34H28F3N3O3/c1-4-9-25-17-24(18-30(42-3)31(25)43-21-23-11-7-10-22(2)16-23)20-38-40-32(26-12-8-13-27(19-26)34(35,36)37)39-29-15-6-5-14-28(29)33(40)41/h4-8,10-20H,1,9,21H2,2-3H3. The van der Waals surface area contributed by atoms with Crippen LogP contribution in [0, 0.1) is 6.92 Å². The lowest BCUT2D eigenvalue weighted by atomic mass is 10.1. The zero-order chi connectivity index (χ0) is 30.6. The molecule has 5 aromatic rings. The quantitative estimate of drug-likeness (QED) is 0.133. The number of ether oxygens (including phenoxy) is 2. The molecule has 0 fully saturated rings. The number of rotatable bonds is 9. The highest BCUT2D eigenvalue weighted by atomic mass is 19.4. The molecule has 43 heavy (non-hydrogen) atoms. The number of allylic oxidation sites excluding steroid dienone is 1. The van der Waals surface area contributed by atoms with Gasteiger partial charge in [-0.15, -0.1) is 6.58 Å². The van der Waals surface area contributed by atoms with Crippen LogP contribution < -0.4 is 15.0 Å². The Hall–Kier alpha value is -5.18. The molecule has 0 saturated heterocycles. The number of hydrogen-bond donors (Lipinski definition) is 0. The zero-order valence-electron chi connectivity index (χ0n) is 23.6. The molecule has 0 aliphatic heterocycles. The number of para-hydroxylation sites is 1. The highest BCUT2D eigenvalue weighted by molar-refractivity contribution is 5.83. The molecule has 1 heterocycles. The molecule has 0 atom stereocenters. The average molecular weight is 584 g/mol. The number of fused-ring (bicyclic) bond motifs is 1. The van der Waals surface area contributed by atoms with E-state index in [2.05, 4.69) is 16.7 Å². The first kappa shape index (κ1) is 29.3. The third-order valence-corrected chi connectivity index (χ3v) is 6.73. The van der Waals surface area contributed by atoms with E-state index in [-0.39, 0.29) is 16.8 Å². The van der Waals surface area contributed by atoms with Crippen molar-refractivity contribution < 1.29 is 22.6 Å². The van der Waals surface area contributed by atoms with Crippen LogP contribution in [0.1, 0.15) is 27.8 Å². The van der Waals surface area contributed by atoms with Gasteiger partial charge in [-0.2, -0.15) is 22.9 Å². The first-order valence-corrected chi connectivity index (χ1v) is 13.4. The first-order valence-electron chi connectivity index (χ1n) is 13.4. The maximum atomic E-state index is 13.5. The molecule has 4 aromatic carbocycles. The topological polar surface area (TPSA) is 65.7 Å². The van der Waals surface area contributed by atoms with E-state index in [4.69, 9.17) is 9.47 Å². The van der Waals surface area contributed by atoms with Gasteiger partial charge in [-0.25, -0.2) is 4.98 Å². The molecule has 218 valence electrons. The van der Waals surface area contributed by atoms with Gasteiger partial charge in [-0.1, -0.05) is 60.2 Å². The molecule has 9 heteroatoms. The van der Waals surface area contributed by atoms with Crippen molar-refractivity contribution in [2.45, 2.75) is 26.1 Å². The molecule has 0 aliphatic rings. The predicted molar refractivity (Wildman–Crippen MR) is 162 cm³/mol. The van der Waals surface area contributed by atoms with Crippen molar-refractivity contribution in [2.24, 2.45) is 5.10 Å². The molecule has 0 N–H and O–H groups in total. The second-order valence-electron chi connectivity index (χ2n) is 9.87. The minimum absolute atomic E-state index is 0.0255. The van der Waals surface area contributed by atoms with Crippen molar-refractivity contribution in [1.29, 1.82) is 0 Å². The Kier molecular flexibility index (Phi) is 8.43. The average Bonchev–Trinajstić information content (AvgIpc) is 2.99. The van der Waals surface area contributed by atoms with Gasteiger partial charge in [-0.3, -0.25) is 4.79 Å². The Labute approximate surface area is 246 Å². The summed E-state index contributed by atoms with van der Waals surface area (Å²) >= 11 is 0. The summed E-state index contributed by atoms with van der Waals surface area (Å²) in [6.45, 7) is 6.19. The summed E-state index contributed by atoms with van der Waals surface area (Å²) in [5.74, 6) is 0.980. The number of aryl methyl sites for hydroxylation is 1. The summed E-state index contributed by atoms with van der Waals surface area (Å²) in [6.07, 6.45) is -0.927. The molecule has 0 aliphatic carbocycles. The fourth-order valence-electron chi connectivity index (χ4n) is 4.71. The number of benzene rings is 4. The summed E-state index contributed by atoms with van der Waals surface area (Å²) in [5.41, 5.74) is 2.54. The predicted octanol–water partition coefficient (Wildman–Crippen LogP) is 7.59. The van der Waals surface area contributed by atoms with E-state index in [9.17, 15) is 18.0 Å². The summed E-state index contributed by atoms with van der Waals surface area (Å²) in [6, 6.07) is 22.8. The lowest BCUT2D eigenvalue weighted by Crippen LogP contribution is -2.20. The Morgan fingerprint density at radius 1 is 1.00 bits per heavy atom. The van der Waals surface area contributed by atoms with Gasteiger partial charge in [0.15, 0.2) is 17.3 Å². The van der Waals surface area contributed by atoms with E-state index in [0.29, 0.717) is 35.6 Å². The SMILES string of the molecule is C=CCc1cc(C=Nn2c(-c3cccc(C(F)(F)F)c3)nc3ccccc3c2=O)cc(OC)c1OCc1cccc(C)c1. The van der Waals surface area contributed by atoms with Crippen LogP contribution in [0.15, 0.2) is 107 Å². The van der Waals surface area contributed by atoms with E-state index >= 15 is 0 Å². The number of aromatic nitrogens is 2. The molecule has 0 radical (unpaired) electrons. The minimum Gasteiger partial charge on any atom is -0.493 e. The van der Waals surface area contributed by atoms with Crippen molar-refractivity contribution in [2.75, 3.05) is 7.11 Å². The van der Waals surface area contributed by atoms with Gasteiger partial charge in [0, 0.05) is 11.1 Å². The van der Waals surface area contributed by atoms with Crippen LogP contribution in [-0.4, -0.2) is 23.0 Å². The lowest BCUT2D eigenvalue weighted by molar-refractivity contribution is -0.137. The summed E-state index contributed by atoms with van der Waals surface area (Å²) < 4.78 is 53.4. The van der Waals surface area contributed by atoms with Crippen LogP contribution in [0.25, 0.3) is 22.3 Å². The second-order valence-corrected chi connectivity index (χ2v) is 9.87. The van der Waals surface area contributed by atoms with Crippen LogP contribution in [-0.2, 0) is 19.2 Å². The molecule has 6 nitrogen and oxygen atoms in total. The normalized spacial score (nSPS) is 11.7. The van der Waals surface area contributed by atoms with Crippen LogP contribution in [0.4, 0.5) is 13.2 Å². The van der Waals surface area contributed by atoms with Gasteiger partial charge >= 0.3 is 6.18 Å². The number of methoxy groups -OCH3 is 1. The Bertz CT molecular complexity index is 1890. The van der Waals surface area contributed by atoms with Gasteiger partial charge < -0.3 is 9.47 Å².